The van der Waals surface area contributed by atoms with Crippen LogP contribution in [0.5, 0.6) is 0 Å². The lowest BCUT2D eigenvalue weighted by Crippen LogP contribution is -2.60. The lowest BCUT2D eigenvalue weighted by molar-refractivity contribution is -0.0898. The summed E-state index contributed by atoms with van der Waals surface area (Å²) in [7, 11) is 0. The van der Waals surface area contributed by atoms with E-state index in [1.54, 1.807) is 0 Å². The van der Waals surface area contributed by atoms with Crippen molar-refractivity contribution >= 4 is 0 Å². The van der Waals surface area contributed by atoms with Gasteiger partial charge in [0.1, 0.15) is 0 Å². The Morgan fingerprint density at radius 1 is 0.821 bits per heavy atom. The SMILES string of the molecule is CC(C)N1CCN(CC(CO)OCC(C)(CO)N2CCN(C(C)C)CC2)CC1. The topological polar surface area (TPSA) is 62.7 Å². The Morgan fingerprint density at radius 3 is 1.75 bits per heavy atom. The first-order valence-corrected chi connectivity index (χ1v) is 11.1. The van der Waals surface area contributed by atoms with Gasteiger partial charge >= 0.3 is 0 Å². The van der Waals surface area contributed by atoms with Crippen LogP contribution in [0.3, 0.4) is 0 Å². The highest BCUT2D eigenvalue weighted by Crippen LogP contribution is 2.20. The highest BCUT2D eigenvalue weighted by Gasteiger charge is 2.35. The second-order valence-electron chi connectivity index (χ2n) is 9.32. The molecule has 0 aromatic heterocycles. The van der Waals surface area contributed by atoms with Crippen molar-refractivity contribution < 1.29 is 14.9 Å². The second kappa shape index (κ2) is 11.2. The number of piperazine rings is 2. The molecule has 2 atom stereocenters. The highest BCUT2D eigenvalue weighted by atomic mass is 16.5. The van der Waals surface area contributed by atoms with Crippen molar-refractivity contribution in [2.75, 3.05) is 78.7 Å². The largest absolute Gasteiger partial charge is 0.394 e. The summed E-state index contributed by atoms with van der Waals surface area (Å²) in [4.78, 5) is 9.70. The first-order valence-electron chi connectivity index (χ1n) is 11.1. The van der Waals surface area contributed by atoms with Gasteiger partial charge in [-0.1, -0.05) is 0 Å². The summed E-state index contributed by atoms with van der Waals surface area (Å²) in [6.07, 6.45) is -0.201. The zero-order valence-corrected chi connectivity index (χ0v) is 18.8. The molecule has 0 aromatic carbocycles. The normalized spacial score (nSPS) is 24.8. The molecule has 0 radical (unpaired) electrons. The number of hydrogen-bond donors (Lipinski definition) is 2. The van der Waals surface area contributed by atoms with Gasteiger partial charge in [-0.3, -0.25) is 19.6 Å². The molecule has 2 rings (SSSR count). The first-order chi connectivity index (χ1) is 13.3. The van der Waals surface area contributed by atoms with E-state index in [4.69, 9.17) is 4.74 Å². The molecule has 7 nitrogen and oxygen atoms in total. The van der Waals surface area contributed by atoms with Gasteiger partial charge in [-0.15, -0.1) is 0 Å². The predicted molar refractivity (Wildman–Crippen MR) is 114 cm³/mol. The van der Waals surface area contributed by atoms with E-state index in [-0.39, 0.29) is 19.3 Å². The molecule has 166 valence electrons. The Morgan fingerprint density at radius 2 is 1.32 bits per heavy atom. The van der Waals surface area contributed by atoms with E-state index >= 15 is 0 Å². The summed E-state index contributed by atoms with van der Waals surface area (Å²) >= 11 is 0. The van der Waals surface area contributed by atoms with Gasteiger partial charge in [0.05, 0.1) is 31.5 Å². The molecule has 2 aliphatic rings. The van der Waals surface area contributed by atoms with E-state index < -0.39 is 5.54 Å². The van der Waals surface area contributed by atoms with Crippen molar-refractivity contribution in [1.29, 1.82) is 0 Å². The average Bonchev–Trinajstić information content (AvgIpc) is 2.71. The summed E-state index contributed by atoms with van der Waals surface area (Å²) < 4.78 is 6.13. The van der Waals surface area contributed by atoms with Gasteiger partial charge in [-0.25, -0.2) is 0 Å². The molecule has 2 aliphatic heterocycles. The molecule has 7 heteroatoms. The third kappa shape index (κ3) is 6.62. The average molecular weight is 401 g/mol. The number of ether oxygens (including phenoxy) is 1. The van der Waals surface area contributed by atoms with Crippen LogP contribution in [0.4, 0.5) is 0 Å². The lowest BCUT2D eigenvalue weighted by Gasteiger charge is -2.46. The molecule has 0 bridgehead atoms. The monoisotopic (exact) mass is 400 g/mol. The fourth-order valence-corrected chi connectivity index (χ4v) is 4.23. The number of nitrogens with zero attached hydrogens (tertiary/aromatic N) is 4. The molecule has 0 saturated carbocycles. The van der Waals surface area contributed by atoms with Gasteiger partial charge in [-0.2, -0.15) is 0 Å². The molecule has 2 saturated heterocycles. The molecular weight excluding hydrogens is 356 g/mol. The van der Waals surface area contributed by atoms with Crippen LogP contribution < -0.4 is 0 Å². The van der Waals surface area contributed by atoms with Crippen LogP contribution in [0, 0.1) is 0 Å². The first kappa shape index (κ1) is 24.0. The molecule has 2 fully saturated rings. The van der Waals surface area contributed by atoms with Gasteiger partial charge in [-0.05, 0) is 34.6 Å². The van der Waals surface area contributed by atoms with Crippen LogP contribution in [0.25, 0.3) is 0 Å². The Kier molecular flexibility index (Phi) is 9.60. The minimum atomic E-state index is -0.396. The molecular formula is C21H44N4O3. The lowest BCUT2D eigenvalue weighted by atomic mass is 10.0. The van der Waals surface area contributed by atoms with Crippen molar-refractivity contribution in [3.8, 4) is 0 Å². The predicted octanol–water partition coefficient (Wildman–Crippen LogP) is 0.167. The molecule has 2 N–H and O–H groups in total. The highest BCUT2D eigenvalue weighted by molar-refractivity contribution is 4.90. The molecule has 0 aromatic rings. The maximum absolute atomic E-state index is 10.1. The van der Waals surface area contributed by atoms with E-state index in [9.17, 15) is 10.2 Å². The molecule has 28 heavy (non-hydrogen) atoms. The van der Waals surface area contributed by atoms with Gasteiger partial charge in [0.15, 0.2) is 0 Å². The summed E-state index contributed by atoms with van der Waals surface area (Å²) in [5, 5.41) is 19.9. The smallest absolute Gasteiger partial charge is 0.0933 e. The van der Waals surface area contributed by atoms with Gasteiger partial charge in [0.2, 0.25) is 0 Å². The standard InChI is InChI=1S/C21H44N4O3/c1-18(2)23-8-6-22(7-9-23)14-20(15-26)28-17-21(5,16-27)25-12-10-24(11-13-25)19(3)4/h18-20,26-27H,6-17H2,1-5H3. The van der Waals surface area contributed by atoms with Gasteiger partial charge in [0.25, 0.3) is 0 Å². The maximum atomic E-state index is 10.1. The number of rotatable bonds is 10. The van der Waals surface area contributed by atoms with Crippen molar-refractivity contribution in [2.45, 2.75) is 58.3 Å². The van der Waals surface area contributed by atoms with Crippen LogP contribution in [-0.4, -0.2) is 132 Å². The minimum Gasteiger partial charge on any atom is -0.394 e. The maximum Gasteiger partial charge on any atom is 0.0933 e. The Hall–Kier alpha value is -0.280. The fraction of sp³-hybridized carbons (Fsp3) is 1.00. The third-order valence-electron chi connectivity index (χ3n) is 6.58. The van der Waals surface area contributed by atoms with Crippen LogP contribution in [0.1, 0.15) is 34.6 Å². The van der Waals surface area contributed by atoms with Crippen LogP contribution in [0.15, 0.2) is 0 Å². The van der Waals surface area contributed by atoms with E-state index in [0.717, 1.165) is 58.9 Å². The van der Waals surface area contributed by atoms with E-state index in [0.29, 0.717) is 18.7 Å². The van der Waals surface area contributed by atoms with Gasteiger partial charge in [0, 0.05) is 71.0 Å². The van der Waals surface area contributed by atoms with Crippen molar-refractivity contribution in [1.82, 2.24) is 19.6 Å². The quantitative estimate of drug-likeness (QED) is 0.542. The van der Waals surface area contributed by atoms with Crippen LogP contribution in [0.2, 0.25) is 0 Å². The molecule has 2 unspecified atom stereocenters. The number of aliphatic hydroxyl groups is 2. The molecule has 0 spiro atoms. The van der Waals surface area contributed by atoms with Crippen LogP contribution in [-0.2, 0) is 4.74 Å². The summed E-state index contributed by atoms with van der Waals surface area (Å²) in [5.74, 6) is 0. The summed E-state index contributed by atoms with van der Waals surface area (Å²) in [6, 6.07) is 1.15. The van der Waals surface area contributed by atoms with Crippen molar-refractivity contribution in [3.63, 3.8) is 0 Å². The summed E-state index contributed by atoms with van der Waals surface area (Å²) in [6.45, 7) is 20.4. The molecule has 2 heterocycles. The van der Waals surface area contributed by atoms with Crippen molar-refractivity contribution in [3.05, 3.63) is 0 Å². The Labute approximate surface area is 172 Å². The van der Waals surface area contributed by atoms with Gasteiger partial charge < -0.3 is 14.9 Å². The van der Waals surface area contributed by atoms with Crippen LogP contribution >= 0.6 is 0 Å². The number of hydrogen-bond acceptors (Lipinski definition) is 7. The molecule has 0 aliphatic carbocycles. The number of aliphatic hydroxyl groups excluding tert-OH is 2. The second-order valence-corrected chi connectivity index (χ2v) is 9.32. The van der Waals surface area contributed by atoms with E-state index in [2.05, 4.69) is 54.2 Å². The third-order valence-corrected chi connectivity index (χ3v) is 6.58. The zero-order valence-electron chi connectivity index (χ0n) is 18.8. The summed E-state index contributed by atoms with van der Waals surface area (Å²) in [5.41, 5.74) is -0.396. The Bertz CT molecular complexity index is 435. The Balaban J connectivity index is 1.80. The van der Waals surface area contributed by atoms with E-state index in [1.807, 2.05) is 0 Å². The fourth-order valence-electron chi connectivity index (χ4n) is 4.23. The minimum absolute atomic E-state index is 0.0209. The molecule has 0 amide bonds. The van der Waals surface area contributed by atoms with Crippen molar-refractivity contribution in [2.24, 2.45) is 0 Å². The zero-order chi connectivity index (χ0) is 20.7. The van der Waals surface area contributed by atoms with E-state index in [1.165, 1.54) is 0 Å².